The van der Waals surface area contributed by atoms with E-state index in [-0.39, 0.29) is 11.1 Å². The van der Waals surface area contributed by atoms with Crippen molar-refractivity contribution in [3.05, 3.63) is 50.0 Å². The summed E-state index contributed by atoms with van der Waals surface area (Å²) in [6, 6.07) is 5.03. The van der Waals surface area contributed by atoms with Gasteiger partial charge in [-0.05, 0) is 24.1 Å². The standard InChI is InChI=1S/C17H18Cl2N4O/c18-11-5-6-14(13(19)8-11)21-16-12(9-20)17(24)23-15(22-16)7-10-3-1-2-4-10/h5-6,8-10,20H,1-4,7H2,(H2,21,22,23,24). The van der Waals surface area contributed by atoms with Crippen molar-refractivity contribution < 1.29 is 0 Å². The maximum absolute atomic E-state index is 12.3. The van der Waals surface area contributed by atoms with Gasteiger partial charge in [-0.15, -0.1) is 0 Å². The van der Waals surface area contributed by atoms with Gasteiger partial charge in [-0.1, -0.05) is 48.9 Å². The zero-order chi connectivity index (χ0) is 17.1. The number of nitrogens with one attached hydrogen (secondary N) is 3. The smallest absolute Gasteiger partial charge is 0.261 e. The number of nitrogens with zero attached hydrogens (tertiary/aromatic N) is 1. The summed E-state index contributed by atoms with van der Waals surface area (Å²) in [7, 11) is 0. The van der Waals surface area contributed by atoms with E-state index in [4.69, 9.17) is 28.6 Å². The van der Waals surface area contributed by atoms with Gasteiger partial charge >= 0.3 is 0 Å². The van der Waals surface area contributed by atoms with E-state index < -0.39 is 0 Å². The fourth-order valence-electron chi connectivity index (χ4n) is 3.06. The number of rotatable bonds is 5. The molecule has 1 aromatic carbocycles. The second-order valence-electron chi connectivity index (χ2n) is 6.02. The highest BCUT2D eigenvalue weighted by Crippen LogP contribution is 2.29. The van der Waals surface area contributed by atoms with Crippen LogP contribution in [0.5, 0.6) is 0 Å². The molecule has 0 atom stereocenters. The molecule has 7 heteroatoms. The fraction of sp³-hybridized carbons (Fsp3) is 0.353. The normalized spacial score (nSPS) is 14.8. The minimum absolute atomic E-state index is 0.177. The first-order chi connectivity index (χ1) is 11.6. The molecule has 0 aliphatic heterocycles. The molecule has 1 aliphatic carbocycles. The third-order valence-corrected chi connectivity index (χ3v) is 4.84. The summed E-state index contributed by atoms with van der Waals surface area (Å²) in [5.41, 5.74) is 0.450. The predicted molar refractivity (Wildman–Crippen MR) is 98.2 cm³/mol. The van der Waals surface area contributed by atoms with Crippen molar-refractivity contribution in [1.82, 2.24) is 9.97 Å². The molecule has 0 spiro atoms. The summed E-state index contributed by atoms with van der Waals surface area (Å²) in [5.74, 6) is 1.54. The van der Waals surface area contributed by atoms with Crippen LogP contribution < -0.4 is 10.9 Å². The largest absolute Gasteiger partial charge is 0.338 e. The molecule has 0 amide bonds. The van der Waals surface area contributed by atoms with Gasteiger partial charge in [-0.2, -0.15) is 0 Å². The van der Waals surface area contributed by atoms with Gasteiger partial charge in [0.1, 0.15) is 11.6 Å². The summed E-state index contributed by atoms with van der Waals surface area (Å²) < 4.78 is 0. The SMILES string of the molecule is N=Cc1c(Nc2ccc(Cl)cc2Cl)nc(CC2CCCC2)[nH]c1=O. The van der Waals surface area contributed by atoms with Crippen molar-refractivity contribution in [3.63, 3.8) is 0 Å². The number of anilines is 2. The highest BCUT2D eigenvalue weighted by atomic mass is 35.5. The van der Waals surface area contributed by atoms with Crippen molar-refractivity contribution in [2.24, 2.45) is 5.92 Å². The molecule has 3 N–H and O–H groups in total. The molecule has 1 fully saturated rings. The maximum atomic E-state index is 12.3. The Labute approximate surface area is 149 Å². The zero-order valence-corrected chi connectivity index (χ0v) is 14.5. The van der Waals surface area contributed by atoms with Crippen LogP contribution in [0.1, 0.15) is 37.1 Å². The van der Waals surface area contributed by atoms with E-state index in [9.17, 15) is 4.79 Å². The summed E-state index contributed by atoms with van der Waals surface area (Å²) in [6.07, 6.45) is 6.55. The van der Waals surface area contributed by atoms with Crippen molar-refractivity contribution in [1.29, 1.82) is 5.41 Å². The Morgan fingerprint density at radius 2 is 2.08 bits per heavy atom. The second kappa shape index (κ2) is 7.36. The Kier molecular flexibility index (Phi) is 5.21. The van der Waals surface area contributed by atoms with Gasteiger partial charge in [0.15, 0.2) is 0 Å². The van der Waals surface area contributed by atoms with Crippen LogP contribution in [0, 0.1) is 11.3 Å². The third-order valence-electron chi connectivity index (χ3n) is 4.29. The average Bonchev–Trinajstić information content (AvgIpc) is 3.03. The van der Waals surface area contributed by atoms with Gasteiger partial charge in [-0.25, -0.2) is 4.98 Å². The molecular formula is C17H18Cl2N4O. The van der Waals surface area contributed by atoms with Crippen LogP contribution in [-0.2, 0) is 6.42 Å². The van der Waals surface area contributed by atoms with E-state index in [1.807, 2.05) is 0 Å². The number of H-pyrrole nitrogens is 1. The molecule has 5 nitrogen and oxygen atoms in total. The van der Waals surface area contributed by atoms with Crippen LogP contribution in [0.3, 0.4) is 0 Å². The summed E-state index contributed by atoms with van der Waals surface area (Å²) in [4.78, 5) is 19.6. The number of hydrogen-bond donors (Lipinski definition) is 3. The lowest BCUT2D eigenvalue weighted by Crippen LogP contribution is -2.20. The lowest BCUT2D eigenvalue weighted by molar-refractivity contribution is 0.529. The molecule has 24 heavy (non-hydrogen) atoms. The summed E-state index contributed by atoms with van der Waals surface area (Å²) >= 11 is 12.1. The first-order valence-corrected chi connectivity index (χ1v) is 8.68. The van der Waals surface area contributed by atoms with Crippen LogP contribution in [0.4, 0.5) is 11.5 Å². The molecule has 126 valence electrons. The quantitative estimate of drug-likeness (QED) is 0.680. The average molecular weight is 365 g/mol. The molecule has 2 aromatic rings. The molecular weight excluding hydrogens is 347 g/mol. The highest BCUT2D eigenvalue weighted by molar-refractivity contribution is 6.36. The summed E-state index contributed by atoms with van der Waals surface area (Å²) in [6.45, 7) is 0. The lowest BCUT2D eigenvalue weighted by Gasteiger charge is -2.13. The topological polar surface area (TPSA) is 81.6 Å². The Balaban J connectivity index is 1.93. The maximum Gasteiger partial charge on any atom is 0.261 e. The lowest BCUT2D eigenvalue weighted by atomic mass is 10.0. The predicted octanol–water partition coefficient (Wildman–Crippen LogP) is 4.55. The number of halogens is 2. The fourth-order valence-corrected chi connectivity index (χ4v) is 3.52. The molecule has 3 rings (SSSR count). The molecule has 1 aromatic heterocycles. The molecule has 1 heterocycles. The van der Waals surface area contributed by atoms with E-state index in [2.05, 4.69) is 15.3 Å². The minimum atomic E-state index is -0.319. The van der Waals surface area contributed by atoms with Gasteiger partial charge in [0.05, 0.1) is 16.3 Å². The Morgan fingerprint density at radius 3 is 2.75 bits per heavy atom. The third kappa shape index (κ3) is 3.79. The highest BCUT2D eigenvalue weighted by Gasteiger charge is 2.18. The Bertz CT molecular complexity index is 813. The van der Waals surface area contributed by atoms with Crippen molar-refractivity contribution in [2.75, 3.05) is 5.32 Å². The van der Waals surface area contributed by atoms with Crippen LogP contribution in [0.2, 0.25) is 10.0 Å². The molecule has 0 saturated heterocycles. The van der Waals surface area contributed by atoms with E-state index in [0.717, 1.165) is 12.6 Å². The van der Waals surface area contributed by atoms with Gasteiger partial charge in [0, 0.05) is 17.7 Å². The molecule has 1 saturated carbocycles. The number of aromatic amines is 1. The number of benzene rings is 1. The van der Waals surface area contributed by atoms with Gasteiger partial charge in [0.2, 0.25) is 0 Å². The van der Waals surface area contributed by atoms with Gasteiger partial charge < -0.3 is 15.7 Å². The first-order valence-electron chi connectivity index (χ1n) is 7.92. The molecule has 1 aliphatic rings. The number of hydrogen-bond acceptors (Lipinski definition) is 4. The zero-order valence-electron chi connectivity index (χ0n) is 13.0. The molecule has 0 bridgehead atoms. The summed E-state index contributed by atoms with van der Waals surface area (Å²) in [5, 5.41) is 11.5. The number of aromatic nitrogens is 2. The second-order valence-corrected chi connectivity index (χ2v) is 6.87. The Hall–Kier alpha value is -1.85. The molecule has 0 unspecified atom stereocenters. The Morgan fingerprint density at radius 1 is 1.33 bits per heavy atom. The first kappa shape index (κ1) is 17.0. The van der Waals surface area contributed by atoms with Crippen molar-refractivity contribution in [3.8, 4) is 0 Å². The van der Waals surface area contributed by atoms with Crippen LogP contribution in [-0.4, -0.2) is 16.2 Å². The van der Waals surface area contributed by atoms with E-state index in [1.165, 1.54) is 25.7 Å². The van der Waals surface area contributed by atoms with Crippen LogP contribution >= 0.6 is 23.2 Å². The molecule has 0 radical (unpaired) electrons. The van der Waals surface area contributed by atoms with Crippen molar-refractivity contribution >= 4 is 40.9 Å². The minimum Gasteiger partial charge on any atom is -0.338 e. The van der Waals surface area contributed by atoms with E-state index >= 15 is 0 Å². The van der Waals surface area contributed by atoms with Crippen LogP contribution in [0.25, 0.3) is 0 Å². The van der Waals surface area contributed by atoms with Crippen molar-refractivity contribution in [2.45, 2.75) is 32.1 Å². The van der Waals surface area contributed by atoms with Gasteiger partial charge in [0.25, 0.3) is 5.56 Å². The van der Waals surface area contributed by atoms with E-state index in [0.29, 0.717) is 33.3 Å². The van der Waals surface area contributed by atoms with Crippen LogP contribution in [0.15, 0.2) is 23.0 Å². The van der Waals surface area contributed by atoms with Gasteiger partial charge in [-0.3, -0.25) is 4.79 Å². The van der Waals surface area contributed by atoms with E-state index in [1.54, 1.807) is 18.2 Å². The monoisotopic (exact) mass is 364 g/mol.